The van der Waals surface area contributed by atoms with Crippen LogP contribution in [0.1, 0.15) is 12.8 Å². The maximum Gasteiger partial charge on any atom is 0.227 e. The second kappa shape index (κ2) is 9.56. The highest BCUT2D eigenvalue weighted by atomic mass is 16.5. The standard InChI is InChI=1S/C26H24N4O3/c31-26(27-20-8-10-22(11-9-20)33-21-5-2-1-3-6-21)19-14-16-30(17-15-19)25-13-12-23(28-29-25)24-7-4-18-32-24/h1-13,18-19H,14-17H2,(H,27,31). The van der Waals surface area contributed by atoms with Crippen LogP contribution in [0, 0.1) is 5.92 Å². The van der Waals surface area contributed by atoms with Crippen molar-refractivity contribution >= 4 is 17.4 Å². The number of furan rings is 1. The normalized spacial score (nSPS) is 14.1. The van der Waals surface area contributed by atoms with Crippen molar-refractivity contribution in [2.45, 2.75) is 12.8 Å². The molecule has 0 saturated carbocycles. The minimum atomic E-state index is -0.0307. The summed E-state index contributed by atoms with van der Waals surface area (Å²) in [5.74, 6) is 3.04. The number of aromatic nitrogens is 2. The molecule has 0 bridgehead atoms. The molecule has 0 spiro atoms. The van der Waals surface area contributed by atoms with E-state index in [9.17, 15) is 4.79 Å². The summed E-state index contributed by atoms with van der Waals surface area (Å²) in [6.07, 6.45) is 3.15. The van der Waals surface area contributed by atoms with E-state index in [0.717, 1.165) is 48.9 Å². The van der Waals surface area contributed by atoms with Crippen LogP contribution < -0.4 is 15.0 Å². The molecule has 4 aromatic rings. The topological polar surface area (TPSA) is 80.5 Å². The van der Waals surface area contributed by atoms with Crippen LogP contribution >= 0.6 is 0 Å². The molecular weight excluding hydrogens is 416 g/mol. The highest BCUT2D eigenvalue weighted by Crippen LogP contribution is 2.26. The summed E-state index contributed by atoms with van der Waals surface area (Å²) in [7, 11) is 0. The lowest BCUT2D eigenvalue weighted by atomic mass is 9.96. The number of amides is 1. The van der Waals surface area contributed by atoms with E-state index in [4.69, 9.17) is 9.15 Å². The molecule has 1 N–H and O–H groups in total. The van der Waals surface area contributed by atoms with E-state index < -0.39 is 0 Å². The SMILES string of the molecule is O=C(Nc1ccc(Oc2ccccc2)cc1)C1CCN(c2ccc(-c3ccco3)nn2)CC1. The number of anilines is 2. The summed E-state index contributed by atoms with van der Waals surface area (Å²) in [6, 6.07) is 24.6. The second-order valence-corrected chi connectivity index (χ2v) is 7.94. The Bertz CT molecular complexity index is 1170. The molecule has 0 unspecified atom stereocenters. The zero-order chi connectivity index (χ0) is 22.5. The third kappa shape index (κ3) is 5.03. The van der Waals surface area contributed by atoms with Gasteiger partial charge in [-0.3, -0.25) is 4.79 Å². The summed E-state index contributed by atoms with van der Waals surface area (Å²) in [5, 5.41) is 11.6. The number of benzene rings is 2. The number of carbonyl (C=O) groups excluding carboxylic acids is 1. The number of hydrogen-bond donors (Lipinski definition) is 1. The quantitative estimate of drug-likeness (QED) is 0.433. The Hall–Kier alpha value is -4.13. The highest BCUT2D eigenvalue weighted by Gasteiger charge is 2.26. The van der Waals surface area contributed by atoms with Crippen LogP contribution in [-0.4, -0.2) is 29.2 Å². The third-order valence-corrected chi connectivity index (χ3v) is 5.71. The van der Waals surface area contributed by atoms with Crippen molar-refractivity contribution < 1.29 is 13.9 Å². The number of rotatable bonds is 6. The number of hydrogen-bond acceptors (Lipinski definition) is 6. The van der Waals surface area contributed by atoms with Gasteiger partial charge in [0.2, 0.25) is 5.91 Å². The molecule has 1 saturated heterocycles. The molecule has 1 amide bonds. The van der Waals surface area contributed by atoms with Gasteiger partial charge >= 0.3 is 0 Å². The van der Waals surface area contributed by atoms with Crippen LogP contribution in [-0.2, 0) is 4.79 Å². The Morgan fingerprint density at radius 2 is 1.64 bits per heavy atom. The van der Waals surface area contributed by atoms with E-state index >= 15 is 0 Å². The van der Waals surface area contributed by atoms with E-state index in [1.165, 1.54) is 0 Å². The van der Waals surface area contributed by atoms with Crippen LogP contribution in [0.15, 0.2) is 89.5 Å². The monoisotopic (exact) mass is 440 g/mol. The van der Waals surface area contributed by atoms with Gasteiger partial charge in [0.25, 0.3) is 0 Å². The summed E-state index contributed by atoms with van der Waals surface area (Å²) in [4.78, 5) is 14.9. The van der Waals surface area contributed by atoms with Gasteiger partial charge < -0.3 is 19.4 Å². The molecule has 1 aliphatic heterocycles. The van der Waals surface area contributed by atoms with Crippen LogP contribution in [0.2, 0.25) is 0 Å². The first-order valence-corrected chi connectivity index (χ1v) is 11.0. The first-order chi connectivity index (χ1) is 16.2. The van der Waals surface area contributed by atoms with Crippen LogP contribution in [0.25, 0.3) is 11.5 Å². The lowest BCUT2D eigenvalue weighted by molar-refractivity contribution is -0.120. The molecule has 33 heavy (non-hydrogen) atoms. The average Bonchev–Trinajstić information content (AvgIpc) is 3.41. The van der Waals surface area contributed by atoms with Gasteiger partial charge in [0.05, 0.1) is 6.26 Å². The Labute approximate surface area is 192 Å². The molecule has 1 aliphatic rings. The fourth-order valence-electron chi connectivity index (χ4n) is 3.90. The summed E-state index contributed by atoms with van der Waals surface area (Å²) < 4.78 is 11.2. The molecule has 166 valence electrons. The minimum Gasteiger partial charge on any atom is -0.463 e. The van der Waals surface area contributed by atoms with Gasteiger partial charge in [0.1, 0.15) is 17.2 Å². The van der Waals surface area contributed by atoms with E-state index in [1.807, 2.05) is 78.9 Å². The molecular formula is C26H24N4O3. The molecule has 0 atom stereocenters. The Morgan fingerprint density at radius 3 is 2.30 bits per heavy atom. The minimum absolute atomic E-state index is 0.0307. The van der Waals surface area contributed by atoms with Crippen molar-refractivity contribution in [3.05, 3.63) is 85.1 Å². The maximum atomic E-state index is 12.8. The van der Waals surface area contributed by atoms with Crippen LogP contribution in [0.5, 0.6) is 11.5 Å². The van der Waals surface area contributed by atoms with E-state index in [-0.39, 0.29) is 11.8 Å². The van der Waals surface area contributed by atoms with Gasteiger partial charge in [-0.15, -0.1) is 10.2 Å². The first-order valence-electron chi connectivity index (χ1n) is 11.0. The summed E-state index contributed by atoms with van der Waals surface area (Å²) >= 11 is 0. The highest BCUT2D eigenvalue weighted by molar-refractivity contribution is 5.92. The molecule has 1 fully saturated rings. The molecule has 5 rings (SSSR count). The molecule has 7 heteroatoms. The van der Waals surface area contributed by atoms with E-state index in [1.54, 1.807) is 6.26 Å². The molecule has 3 heterocycles. The lowest BCUT2D eigenvalue weighted by Gasteiger charge is -2.31. The smallest absolute Gasteiger partial charge is 0.227 e. The van der Waals surface area contributed by atoms with E-state index in [2.05, 4.69) is 20.4 Å². The van der Waals surface area contributed by atoms with Gasteiger partial charge in [0, 0.05) is 24.7 Å². The predicted octanol–water partition coefficient (Wildman–Crippen LogP) is 5.38. The fraction of sp³-hybridized carbons (Fsp3) is 0.192. The molecule has 2 aromatic carbocycles. The van der Waals surface area contributed by atoms with Crippen LogP contribution in [0.3, 0.4) is 0 Å². The van der Waals surface area contributed by atoms with Gasteiger partial charge in [-0.2, -0.15) is 0 Å². The number of nitrogens with zero attached hydrogens (tertiary/aromatic N) is 3. The second-order valence-electron chi connectivity index (χ2n) is 7.94. The Morgan fingerprint density at radius 1 is 0.879 bits per heavy atom. The summed E-state index contributed by atoms with van der Waals surface area (Å²) in [5.41, 5.74) is 1.47. The van der Waals surface area contributed by atoms with Gasteiger partial charge in [-0.05, 0) is 73.5 Å². The van der Waals surface area contributed by atoms with Crippen molar-refractivity contribution in [1.82, 2.24) is 10.2 Å². The van der Waals surface area contributed by atoms with Crippen molar-refractivity contribution in [3.63, 3.8) is 0 Å². The van der Waals surface area contributed by atoms with Crippen LogP contribution in [0.4, 0.5) is 11.5 Å². The maximum absolute atomic E-state index is 12.8. The third-order valence-electron chi connectivity index (χ3n) is 5.71. The molecule has 0 aliphatic carbocycles. The number of para-hydroxylation sites is 1. The van der Waals surface area contributed by atoms with E-state index in [0.29, 0.717) is 11.5 Å². The van der Waals surface area contributed by atoms with Crippen molar-refractivity contribution in [2.24, 2.45) is 5.92 Å². The molecule has 2 aromatic heterocycles. The van der Waals surface area contributed by atoms with Gasteiger partial charge in [-0.25, -0.2) is 0 Å². The Balaban J connectivity index is 1.12. The zero-order valence-electron chi connectivity index (χ0n) is 18.1. The fourth-order valence-corrected chi connectivity index (χ4v) is 3.90. The number of carbonyl (C=O) groups is 1. The van der Waals surface area contributed by atoms with Gasteiger partial charge in [-0.1, -0.05) is 18.2 Å². The molecule has 7 nitrogen and oxygen atoms in total. The van der Waals surface area contributed by atoms with Gasteiger partial charge in [0.15, 0.2) is 11.6 Å². The lowest BCUT2D eigenvalue weighted by Crippen LogP contribution is -2.38. The van der Waals surface area contributed by atoms with Crippen molar-refractivity contribution in [1.29, 1.82) is 0 Å². The molecule has 0 radical (unpaired) electrons. The number of ether oxygens (including phenoxy) is 1. The predicted molar refractivity (Wildman–Crippen MR) is 126 cm³/mol. The summed E-state index contributed by atoms with van der Waals surface area (Å²) in [6.45, 7) is 1.52. The average molecular weight is 441 g/mol. The largest absolute Gasteiger partial charge is 0.463 e. The van der Waals surface area contributed by atoms with Crippen molar-refractivity contribution in [3.8, 4) is 23.0 Å². The first kappa shape index (κ1) is 20.8. The zero-order valence-corrected chi connectivity index (χ0v) is 18.1. The van der Waals surface area contributed by atoms with Crippen molar-refractivity contribution in [2.75, 3.05) is 23.3 Å². The number of piperidine rings is 1. The Kier molecular flexibility index (Phi) is 6.01. The number of nitrogens with one attached hydrogen (secondary N) is 1.